The zero-order valence-electron chi connectivity index (χ0n) is 11.4. The summed E-state index contributed by atoms with van der Waals surface area (Å²) in [7, 11) is 0. The van der Waals surface area contributed by atoms with Crippen molar-refractivity contribution < 1.29 is 9.59 Å². The van der Waals surface area contributed by atoms with Crippen LogP contribution in [0.2, 0.25) is 0 Å². The van der Waals surface area contributed by atoms with Crippen molar-refractivity contribution in [3.8, 4) is 0 Å². The first-order valence-electron chi connectivity index (χ1n) is 6.52. The molecule has 1 aromatic carbocycles. The van der Waals surface area contributed by atoms with Crippen molar-refractivity contribution in [2.24, 2.45) is 5.92 Å². The number of hydrogen-bond acceptors (Lipinski definition) is 2. The Morgan fingerprint density at radius 3 is 2.37 bits per heavy atom. The van der Waals surface area contributed by atoms with E-state index < -0.39 is 0 Å². The van der Waals surface area contributed by atoms with Crippen LogP contribution in [0.5, 0.6) is 0 Å². The highest BCUT2D eigenvalue weighted by Crippen LogP contribution is 2.13. The second-order valence-corrected chi connectivity index (χ2v) is 5.32. The van der Waals surface area contributed by atoms with Crippen LogP contribution in [0.4, 0.5) is 5.69 Å². The van der Waals surface area contributed by atoms with Gasteiger partial charge in [-0.1, -0.05) is 13.8 Å². The summed E-state index contributed by atoms with van der Waals surface area (Å²) in [6.07, 6.45) is 1.65. The summed E-state index contributed by atoms with van der Waals surface area (Å²) in [5, 5.41) is 2.81. The van der Waals surface area contributed by atoms with Crippen LogP contribution in [-0.2, 0) is 4.79 Å². The molecule has 4 heteroatoms. The zero-order valence-corrected chi connectivity index (χ0v) is 12.2. The Kier molecular flexibility index (Phi) is 6.57. The Hall–Kier alpha value is -1.35. The summed E-state index contributed by atoms with van der Waals surface area (Å²) in [5.74, 6) is 0.906. The number of amides is 1. The van der Waals surface area contributed by atoms with Gasteiger partial charge in [-0.15, -0.1) is 11.6 Å². The SMILES string of the molecule is CC(C)CC(=O)Nc1ccc(C(=O)CCCCl)cc1. The third-order valence-corrected chi connectivity index (χ3v) is 2.89. The molecule has 1 aromatic rings. The highest BCUT2D eigenvalue weighted by Gasteiger charge is 2.07. The van der Waals surface area contributed by atoms with E-state index in [-0.39, 0.29) is 11.7 Å². The van der Waals surface area contributed by atoms with Crippen molar-refractivity contribution in [2.45, 2.75) is 33.1 Å². The van der Waals surface area contributed by atoms with Gasteiger partial charge in [-0.3, -0.25) is 9.59 Å². The maximum atomic E-state index is 11.7. The van der Waals surface area contributed by atoms with E-state index in [2.05, 4.69) is 5.32 Å². The lowest BCUT2D eigenvalue weighted by molar-refractivity contribution is -0.116. The molecule has 3 nitrogen and oxygen atoms in total. The molecule has 0 fully saturated rings. The van der Waals surface area contributed by atoms with Crippen LogP contribution >= 0.6 is 11.6 Å². The van der Waals surface area contributed by atoms with Gasteiger partial charge >= 0.3 is 0 Å². The molecule has 0 radical (unpaired) electrons. The lowest BCUT2D eigenvalue weighted by Crippen LogP contribution is -2.13. The Morgan fingerprint density at radius 2 is 1.84 bits per heavy atom. The average molecular weight is 282 g/mol. The van der Waals surface area contributed by atoms with Crippen molar-refractivity contribution in [3.63, 3.8) is 0 Å². The molecule has 0 bridgehead atoms. The fraction of sp³-hybridized carbons (Fsp3) is 0.467. The van der Waals surface area contributed by atoms with Crippen LogP contribution in [0, 0.1) is 5.92 Å². The Bertz CT molecular complexity index is 426. The van der Waals surface area contributed by atoms with Crippen LogP contribution in [0.1, 0.15) is 43.5 Å². The quantitative estimate of drug-likeness (QED) is 0.609. The number of carbonyl (C=O) groups excluding carboxylic acids is 2. The van der Waals surface area contributed by atoms with Crippen LogP contribution < -0.4 is 5.32 Å². The van der Waals surface area contributed by atoms with Crippen LogP contribution in [0.25, 0.3) is 0 Å². The first-order valence-corrected chi connectivity index (χ1v) is 7.05. The molecule has 1 amide bonds. The number of alkyl halides is 1. The minimum absolute atomic E-state index is 0.00350. The van der Waals surface area contributed by atoms with E-state index in [0.29, 0.717) is 36.6 Å². The molecular formula is C15H20ClNO2. The number of rotatable bonds is 7. The topological polar surface area (TPSA) is 46.2 Å². The van der Waals surface area contributed by atoms with E-state index in [1.54, 1.807) is 24.3 Å². The number of benzene rings is 1. The molecule has 0 atom stereocenters. The lowest BCUT2D eigenvalue weighted by atomic mass is 10.1. The standard InChI is InChI=1S/C15H20ClNO2/c1-11(2)10-15(19)17-13-7-5-12(6-8-13)14(18)4-3-9-16/h5-8,11H,3-4,9-10H2,1-2H3,(H,17,19). The Labute approximate surface area is 119 Å². The summed E-state index contributed by atoms with van der Waals surface area (Å²) in [6, 6.07) is 6.99. The fourth-order valence-corrected chi connectivity index (χ4v) is 1.83. The smallest absolute Gasteiger partial charge is 0.224 e. The number of anilines is 1. The molecule has 0 aliphatic rings. The third-order valence-electron chi connectivity index (χ3n) is 2.62. The largest absolute Gasteiger partial charge is 0.326 e. The monoisotopic (exact) mass is 281 g/mol. The van der Waals surface area contributed by atoms with Gasteiger partial charge in [0.15, 0.2) is 5.78 Å². The van der Waals surface area contributed by atoms with Crippen molar-refractivity contribution in [1.29, 1.82) is 0 Å². The summed E-state index contributed by atoms with van der Waals surface area (Å²) in [5.41, 5.74) is 1.38. The number of carbonyl (C=O) groups is 2. The molecule has 1 N–H and O–H groups in total. The van der Waals surface area contributed by atoms with Crippen LogP contribution in [0.3, 0.4) is 0 Å². The first-order chi connectivity index (χ1) is 9.02. The molecule has 0 saturated carbocycles. The molecule has 0 unspecified atom stereocenters. The van der Waals surface area contributed by atoms with Gasteiger partial charge in [0.2, 0.25) is 5.91 Å². The van der Waals surface area contributed by atoms with Gasteiger partial charge in [0.25, 0.3) is 0 Å². The lowest BCUT2D eigenvalue weighted by Gasteiger charge is -2.07. The predicted octanol–water partition coefficient (Wildman–Crippen LogP) is 3.87. The first kappa shape index (κ1) is 15.7. The van der Waals surface area contributed by atoms with E-state index in [1.165, 1.54) is 0 Å². The van der Waals surface area contributed by atoms with E-state index in [1.807, 2.05) is 13.8 Å². The van der Waals surface area contributed by atoms with Gasteiger partial charge in [0.1, 0.15) is 0 Å². The molecule has 19 heavy (non-hydrogen) atoms. The normalized spacial score (nSPS) is 10.5. The van der Waals surface area contributed by atoms with E-state index >= 15 is 0 Å². The van der Waals surface area contributed by atoms with E-state index in [4.69, 9.17) is 11.6 Å². The summed E-state index contributed by atoms with van der Waals surface area (Å²) >= 11 is 5.56. The maximum absolute atomic E-state index is 11.7. The third kappa shape index (κ3) is 5.88. The summed E-state index contributed by atoms with van der Waals surface area (Å²) in [6.45, 7) is 4.00. The second-order valence-electron chi connectivity index (χ2n) is 4.94. The minimum Gasteiger partial charge on any atom is -0.326 e. The molecule has 0 aliphatic heterocycles. The number of ketones is 1. The average Bonchev–Trinajstić information content (AvgIpc) is 2.35. The molecular weight excluding hydrogens is 262 g/mol. The second kappa shape index (κ2) is 7.95. The number of Topliss-reactive ketones (excluding diaryl/α,β-unsaturated/α-hetero) is 1. The number of halogens is 1. The van der Waals surface area contributed by atoms with Gasteiger partial charge in [0.05, 0.1) is 0 Å². The van der Waals surface area contributed by atoms with Crippen molar-refractivity contribution >= 4 is 29.0 Å². The highest BCUT2D eigenvalue weighted by molar-refractivity contribution is 6.18. The fourth-order valence-electron chi connectivity index (χ4n) is 1.69. The molecule has 0 heterocycles. The van der Waals surface area contributed by atoms with Gasteiger partial charge in [-0.2, -0.15) is 0 Å². The molecule has 0 spiro atoms. The Balaban J connectivity index is 2.56. The number of nitrogens with one attached hydrogen (secondary N) is 1. The maximum Gasteiger partial charge on any atom is 0.224 e. The van der Waals surface area contributed by atoms with Crippen molar-refractivity contribution in [2.75, 3.05) is 11.2 Å². The van der Waals surface area contributed by atoms with Crippen LogP contribution in [-0.4, -0.2) is 17.6 Å². The van der Waals surface area contributed by atoms with Gasteiger partial charge in [0, 0.05) is 30.0 Å². The van der Waals surface area contributed by atoms with E-state index in [0.717, 1.165) is 5.69 Å². The predicted molar refractivity (Wildman–Crippen MR) is 78.8 cm³/mol. The molecule has 0 aromatic heterocycles. The van der Waals surface area contributed by atoms with Gasteiger partial charge in [-0.05, 0) is 36.6 Å². The van der Waals surface area contributed by atoms with Gasteiger partial charge in [-0.25, -0.2) is 0 Å². The minimum atomic E-state index is -0.00350. The molecule has 104 valence electrons. The van der Waals surface area contributed by atoms with Crippen molar-refractivity contribution in [1.82, 2.24) is 0 Å². The van der Waals surface area contributed by atoms with E-state index in [9.17, 15) is 9.59 Å². The molecule has 0 saturated heterocycles. The number of hydrogen-bond donors (Lipinski definition) is 1. The molecule has 0 aliphatic carbocycles. The van der Waals surface area contributed by atoms with Crippen LogP contribution in [0.15, 0.2) is 24.3 Å². The summed E-state index contributed by atoms with van der Waals surface area (Å²) in [4.78, 5) is 23.3. The molecule has 1 rings (SSSR count). The van der Waals surface area contributed by atoms with Crippen molar-refractivity contribution in [3.05, 3.63) is 29.8 Å². The van der Waals surface area contributed by atoms with Gasteiger partial charge < -0.3 is 5.32 Å². The highest BCUT2D eigenvalue weighted by atomic mass is 35.5. The zero-order chi connectivity index (χ0) is 14.3. The Morgan fingerprint density at radius 1 is 1.21 bits per heavy atom. The summed E-state index contributed by atoms with van der Waals surface area (Å²) < 4.78 is 0.